The highest BCUT2D eigenvalue weighted by atomic mass is 79.9. The predicted octanol–water partition coefficient (Wildman–Crippen LogP) is 16.2. The fraction of sp³-hybridized carbons (Fsp3) is 0.516. The Morgan fingerprint density at radius 1 is 0.443 bits per heavy atom. The summed E-state index contributed by atoms with van der Waals surface area (Å²) in [7, 11) is -7.42. The third-order valence-electron chi connectivity index (χ3n) is 25.3. The summed E-state index contributed by atoms with van der Waals surface area (Å²) < 4.78 is 156. The number of piperidine rings is 1. The van der Waals surface area contributed by atoms with Crippen LogP contribution in [0.4, 0.5) is 11.9 Å². The summed E-state index contributed by atoms with van der Waals surface area (Å²) in [4.78, 5) is 60.3. The monoisotopic (exact) mass is 2320 g/mol. The maximum Gasteiger partial charge on any atom is 0.496 e. The highest BCUT2D eigenvalue weighted by Crippen LogP contribution is 2.46. The number of morpholine rings is 3. The van der Waals surface area contributed by atoms with Crippen LogP contribution in [0.2, 0.25) is 15.7 Å². The van der Waals surface area contributed by atoms with E-state index in [-0.39, 0.29) is 54.6 Å². The van der Waals surface area contributed by atoms with E-state index in [1.807, 2.05) is 69.8 Å². The molecule has 9 aliphatic rings. The summed E-state index contributed by atoms with van der Waals surface area (Å²) in [5.41, 5.74) is 10.0. The number of likely N-dealkylation sites (tertiary alicyclic amines) is 1. The molecule has 2 N–H and O–H groups in total. The number of hydrogen-bond acceptors (Lipinski definition) is 38. The second-order valence-corrected chi connectivity index (χ2v) is 52.8. The van der Waals surface area contributed by atoms with Crippen LogP contribution in [-0.4, -0.2) is 269 Å². The summed E-state index contributed by atoms with van der Waals surface area (Å²) >= 11 is 34.0. The lowest BCUT2D eigenvalue weighted by molar-refractivity contribution is -0.0135. The fourth-order valence-corrected chi connectivity index (χ4v) is 29.5. The van der Waals surface area contributed by atoms with Crippen LogP contribution >= 0.6 is 128 Å². The van der Waals surface area contributed by atoms with Crippen molar-refractivity contribution >= 4 is 233 Å². The van der Waals surface area contributed by atoms with E-state index in [2.05, 4.69) is 113 Å². The molecule has 0 amide bonds. The maximum absolute atomic E-state index is 12.9. The first-order valence-electron chi connectivity index (χ1n) is 45.5. The largest absolute Gasteiger partial charge is 0.496 e. The van der Waals surface area contributed by atoms with Crippen molar-refractivity contribution in [2.75, 3.05) is 130 Å². The molecule has 0 atom stereocenters. The lowest BCUT2D eigenvalue weighted by Crippen LogP contribution is -2.41. The zero-order chi connectivity index (χ0) is 99.5. The standard InChI is InChI=1S/C29H39N5O5S2.C20H21BrN4O4S2.C16H24BNO5S.C16H13BrClN3O3S2.C6HBrCl2N2S.C4H9NO/c1-29(2,35)22-6-8-33(9-7-22)16-21-17-40-26-24(31-28(32-25(21)26)34-10-12-39-13-11-34)19-14-20(27(38-3)30-15-19)18-41(36,37)23-4-5-23;1-28-19-13(11-31(26,27)14-2-3-14)8-12(9-22-19)16-18-17(15(21)10-30-18)24-20(23-16)25-4-6-29-7-5-25;1-15(2)16(3,4)23-17(22-15)12-8-11(14(21-5)18-9-12)10-24(19,20)13-6-7-13;1-24-15-9(7-26(22,23)10-2-3-10)4-8(5-19-15)12-14-13(11(17)6-25-14)21-16(18)20-12;7-2-1-12-4-3(2)10-6(9)11-5(4)8;1-3-6-4-2-5-1/h14-15,17,22-23,35H,4-13,16,18H2,1-3H3;8-10,14H,2-7,11H2,1H3;8-9,13H,6-7,10H2,1-5H3;4-6,10H,2-3,7H2,1H3;1H;5H,1-4H2. The van der Waals surface area contributed by atoms with Crippen molar-refractivity contribution in [3.05, 3.63) is 128 Å². The molecule has 12 aromatic heterocycles. The van der Waals surface area contributed by atoms with Crippen molar-refractivity contribution in [2.24, 2.45) is 5.92 Å². The highest BCUT2D eigenvalue weighted by Gasteiger charge is 2.52. The van der Waals surface area contributed by atoms with Gasteiger partial charge in [0.25, 0.3) is 0 Å². The molecule has 140 heavy (non-hydrogen) atoms. The molecule has 0 aromatic carbocycles. The van der Waals surface area contributed by atoms with E-state index in [4.69, 9.17) is 97.2 Å². The van der Waals surface area contributed by atoms with Crippen LogP contribution in [-0.2, 0) is 92.4 Å². The van der Waals surface area contributed by atoms with Crippen LogP contribution in [0.25, 0.3) is 74.6 Å². The quantitative estimate of drug-likeness (QED) is 0.0305. The summed E-state index contributed by atoms with van der Waals surface area (Å²) in [6.45, 7) is 23.6. The van der Waals surface area contributed by atoms with Gasteiger partial charge in [-0.25, -0.2) is 93.5 Å². The molecule has 752 valence electrons. The molecule has 0 unspecified atom stereocenters. The van der Waals surface area contributed by atoms with Crippen LogP contribution < -0.4 is 39.5 Å². The third-order valence-corrected chi connectivity index (χ3v) is 41.5. The summed E-state index contributed by atoms with van der Waals surface area (Å²) in [6.07, 6.45) is 14.4. The smallest absolute Gasteiger partial charge is 0.481 e. The molecule has 4 aliphatic carbocycles. The molecule has 17 heterocycles. The number of hydrogen-bond donors (Lipinski definition) is 2. The minimum Gasteiger partial charge on any atom is -0.481 e. The number of fused-ring (bicyclic) bond motifs is 4. The van der Waals surface area contributed by atoms with Gasteiger partial charge in [0.2, 0.25) is 46.0 Å². The minimum absolute atomic E-state index is 0.0683. The topological polar surface area (TPSA) is 416 Å². The molecule has 21 rings (SSSR count). The first-order chi connectivity index (χ1) is 66.7. The van der Waals surface area contributed by atoms with Crippen molar-refractivity contribution in [1.82, 2.24) is 70.0 Å². The third kappa shape index (κ3) is 25.8. The van der Waals surface area contributed by atoms with Gasteiger partial charge in [0, 0.05) is 137 Å². The number of sulfone groups is 4. The van der Waals surface area contributed by atoms with Gasteiger partial charge in [-0.1, -0.05) is 17.7 Å². The van der Waals surface area contributed by atoms with Crippen LogP contribution in [0.15, 0.2) is 84.0 Å². The number of aromatic nitrogens is 12. The summed E-state index contributed by atoms with van der Waals surface area (Å²) in [6, 6.07) is 7.24. The number of pyridine rings is 4. The van der Waals surface area contributed by atoms with E-state index < -0.39 is 63.3 Å². The number of anilines is 2. The van der Waals surface area contributed by atoms with Gasteiger partial charge in [0.15, 0.2) is 44.5 Å². The Kier molecular flexibility index (Phi) is 34.1. The van der Waals surface area contributed by atoms with Crippen LogP contribution in [0.3, 0.4) is 0 Å². The minimum atomic E-state index is -3.26. The molecule has 9 fully saturated rings. The first-order valence-corrected chi connectivity index (χ1v) is 59.4. The van der Waals surface area contributed by atoms with Gasteiger partial charge in [0.05, 0.1) is 184 Å². The molecule has 34 nitrogen and oxygen atoms in total. The number of thiophene rings is 4. The summed E-state index contributed by atoms with van der Waals surface area (Å²) in [5.74, 6) is 2.55. The molecular formula is C91H107BBr3Cl3N16O18S8. The van der Waals surface area contributed by atoms with Crippen LogP contribution in [0.1, 0.15) is 134 Å². The molecule has 5 aliphatic heterocycles. The molecular weight excluding hydrogens is 2220 g/mol. The van der Waals surface area contributed by atoms with Gasteiger partial charge in [-0.2, -0.15) is 0 Å². The number of ether oxygens (including phenoxy) is 7. The second-order valence-electron chi connectivity index (χ2n) is 36.6. The zero-order valence-corrected chi connectivity index (χ0v) is 92.1. The lowest BCUT2D eigenvalue weighted by Gasteiger charge is -2.37. The van der Waals surface area contributed by atoms with Gasteiger partial charge < -0.3 is 62.7 Å². The van der Waals surface area contributed by atoms with Gasteiger partial charge in [-0.05, 0) is 219 Å². The Bertz CT molecular complexity index is 6970. The van der Waals surface area contributed by atoms with Crippen LogP contribution in [0.5, 0.6) is 23.5 Å². The van der Waals surface area contributed by atoms with Gasteiger partial charge in [-0.3, -0.25) is 4.90 Å². The number of aliphatic hydroxyl groups is 1. The Morgan fingerprint density at radius 3 is 1.16 bits per heavy atom. The van der Waals surface area contributed by atoms with Crippen molar-refractivity contribution in [3.8, 4) is 57.3 Å². The lowest BCUT2D eigenvalue weighted by atomic mass is 9.80. The zero-order valence-electron chi connectivity index (χ0n) is 78.5. The molecule has 12 aromatic rings. The van der Waals surface area contributed by atoms with Gasteiger partial charge in [-0.15, -0.1) is 45.3 Å². The van der Waals surface area contributed by atoms with Crippen molar-refractivity contribution in [1.29, 1.82) is 0 Å². The number of nitrogens with zero attached hydrogens (tertiary/aromatic N) is 15. The molecule has 49 heteroatoms. The number of nitrogens with one attached hydrogen (secondary N) is 1. The molecule has 0 radical (unpaired) electrons. The molecule has 0 spiro atoms. The fourth-order valence-electron chi connectivity index (χ4n) is 16.3. The molecule has 0 bridgehead atoms. The van der Waals surface area contributed by atoms with Crippen molar-refractivity contribution in [3.63, 3.8) is 0 Å². The van der Waals surface area contributed by atoms with Crippen molar-refractivity contribution < 1.29 is 81.2 Å². The van der Waals surface area contributed by atoms with Gasteiger partial charge in [0.1, 0.15) is 16.6 Å². The number of methoxy groups -OCH3 is 4. The van der Waals surface area contributed by atoms with E-state index in [1.54, 1.807) is 59.6 Å². The van der Waals surface area contributed by atoms with E-state index in [1.165, 1.54) is 51.1 Å². The Balaban J connectivity index is 0.000000129. The first kappa shape index (κ1) is 106. The predicted molar refractivity (Wildman–Crippen MR) is 560 cm³/mol. The maximum atomic E-state index is 12.9. The van der Waals surface area contributed by atoms with E-state index in [0.717, 1.165) is 200 Å². The Morgan fingerprint density at radius 2 is 0.786 bits per heavy atom. The second kappa shape index (κ2) is 45.0. The number of halogens is 6. The van der Waals surface area contributed by atoms with E-state index in [0.29, 0.717) is 130 Å². The van der Waals surface area contributed by atoms with E-state index in [9.17, 15) is 38.8 Å². The Labute approximate surface area is 869 Å². The SMILES string of the molecule is C1COCCN1.COc1ncc(-c2nc(Cl)nc3c(Br)csc23)cc1CS(=O)(=O)C1CC1.COc1ncc(-c2nc(N3CCOCC3)nc3c(Br)csc23)cc1CS(=O)(=O)C1CC1.COc1ncc(-c2nc(N3CCOCC3)nc3c(CN4CCC(C(C)(C)O)CC4)csc23)cc1CS(=O)(=O)C1CC1.COc1ncc(B2OC(C)(C)C(C)(C)O2)cc1CS(=O)(=O)C1CC1.Clc1nc(Cl)c2scc(Br)c2n1. The van der Waals surface area contributed by atoms with Crippen molar-refractivity contribution in [2.45, 2.75) is 173 Å². The van der Waals surface area contributed by atoms with Gasteiger partial charge >= 0.3 is 7.12 Å². The molecule has 4 saturated carbocycles. The average molecular weight is 2330 g/mol. The number of rotatable bonds is 25. The molecule has 5 saturated heterocycles. The average Bonchev–Trinajstić information content (AvgIpc) is 1.56. The normalized spacial score (nSPS) is 18.2. The Hall–Kier alpha value is -6.59. The van der Waals surface area contributed by atoms with E-state index >= 15 is 0 Å². The van der Waals surface area contributed by atoms with Crippen LogP contribution in [0, 0.1) is 5.92 Å². The highest BCUT2D eigenvalue weighted by molar-refractivity contribution is 9.11. The summed E-state index contributed by atoms with van der Waals surface area (Å²) in [5, 5.41) is 21.3.